The summed E-state index contributed by atoms with van der Waals surface area (Å²) >= 11 is 3.45. The summed E-state index contributed by atoms with van der Waals surface area (Å²) < 4.78 is 18.3. The molecular formula is C26H28BrN3O5. The Balaban J connectivity index is 1.82. The zero-order valence-corrected chi connectivity index (χ0v) is 21.6. The Bertz CT molecular complexity index is 1310. The molecule has 1 saturated carbocycles. The van der Waals surface area contributed by atoms with Crippen LogP contribution in [0.4, 0.5) is 0 Å². The van der Waals surface area contributed by atoms with E-state index in [0.29, 0.717) is 33.8 Å². The highest BCUT2D eigenvalue weighted by atomic mass is 79.9. The van der Waals surface area contributed by atoms with E-state index in [1.807, 2.05) is 12.1 Å². The highest BCUT2D eigenvalue weighted by Gasteiger charge is 2.23. The summed E-state index contributed by atoms with van der Waals surface area (Å²) in [7, 11) is 2.82. The third kappa shape index (κ3) is 5.40. The molecule has 0 aliphatic heterocycles. The number of hydrogen-bond acceptors (Lipinski definition) is 7. The molecule has 1 fully saturated rings. The predicted octanol–water partition coefficient (Wildman–Crippen LogP) is 5.04. The molecule has 1 atom stereocenters. The van der Waals surface area contributed by atoms with Crippen molar-refractivity contribution in [2.75, 3.05) is 14.2 Å². The number of methoxy groups -OCH3 is 2. The molecule has 4 rings (SSSR count). The third-order valence-corrected chi connectivity index (χ3v) is 6.67. The van der Waals surface area contributed by atoms with Crippen molar-refractivity contribution in [3.05, 3.63) is 62.6 Å². The fourth-order valence-corrected chi connectivity index (χ4v) is 4.70. The van der Waals surface area contributed by atoms with Crippen LogP contribution in [0.25, 0.3) is 10.9 Å². The molecule has 35 heavy (non-hydrogen) atoms. The summed E-state index contributed by atoms with van der Waals surface area (Å²) in [6, 6.07) is 10.8. The number of benzene rings is 2. The van der Waals surface area contributed by atoms with Crippen LogP contribution in [0.2, 0.25) is 0 Å². The Morgan fingerprint density at radius 3 is 2.69 bits per heavy atom. The van der Waals surface area contributed by atoms with Crippen molar-refractivity contribution in [2.24, 2.45) is 5.10 Å². The number of carbonyl (C=O) groups is 1. The second-order valence-corrected chi connectivity index (χ2v) is 9.41. The van der Waals surface area contributed by atoms with Gasteiger partial charge in [-0.25, -0.2) is 9.78 Å². The quantitative estimate of drug-likeness (QED) is 0.307. The number of nitrogens with zero attached hydrogens (tertiary/aromatic N) is 3. The van der Waals surface area contributed by atoms with Gasteiger partial charge in [-0.3, -0.25) is 4.79 Å². The molecule has 2 aromatic carbocycles. The van der Waals surface area contributed by atoms with Crippen LogP contribution in [-0.4, -0.2) is 42.2 Å². The molecule has 0 spiro atoms. The number of hydrogen-bond donors (Lipinski definition) is 0. The van der Waals surface area contributed by atoms with Crippen LogP contribution >= 0.6 is 15.9 Å². The van der Waals surface area contributed by atoms with E-state index in [-0.39, 0.29) is 11.5 Å². The van der Waals surface area contributed by atoms with Gasteiger partial charge in [0.2, 0.25) is 0 Å². The van der Waals surface area contributed by atoms with E-state index >= 15 is 0 Å². The first-order valence-corrected chi connectivity index (χ1v) is 12.4. The van der Waals surface area contributed by atoms with Crippen molar-refractivity contribution >= 4 is 39.0 Å². The molecule has 8 nitrogen and oxygen atoms in total. The van der Waals surface area contributed by atoms with Gasteiger partial charge in [-0.2, -0.15) is 9.78 Å². The summed E-state index contributed by atoms with van der Waals surface area (Å²) in [6.45, 7) is 1.59. The topological polar surface area (TPSA) is 92.0 Å². The molecule has 1 aliphatic rings. The van der Waals surface area contributed by atoms with Gasteiger partial charge in [0.15, 0.2) is 17.6 Å². The molecule has 1 heterocycles. The lowest BCUT2D eigenvalue weighted by molar-refractivity contribution is -0.147. The number of ether oxygens (including phenoxy) is 3. The molecule has 1 aromatic heterocycles. The van der Waals surface area contributed by atoms with E-state index in [1.54, 1.807) is 37.4 Å². The molecule has 0 bridgehead atoms. The van der Waals surface area contributed by atoms with E-state index in [9.17, 15) is 9.59 Å². The first-order valence-electron chi connectivity index (χ1n) is 11.6. The Morgan fingerprint density at radius 2 is 1.97 bits per heavy atom. The second-order valence-electron chi connectivity index (χ2n) is 8.49. The van der Waals surface area contributed by atoms with Crippen LogP contribution in [0.5, 0.6) is 11.5 Å². The molecule has 1 aliphatic carbocycles. The predicted molar refractivity (Wildman–Crippen MR) is 138 cm³/mol. The Kier molecular flexibility index (Phi) is 7.85. The first kappa shape index (κ1) is 24.9. The fourth-order valence-electron chi connectivity index (χ4n) is 4.33. The van der Waals surface area contributed by atoms with E-state index < -0.39 is 12.1 Å². The summed E-state index contributed by atoms with van der Waals surface area (Å²) in [6.07, 6.45) is 6.00. The lowest BCUT2D eigenvalue weighted by atomic mass is 9.88. The van der Waals surface area contributed by atoms with Crippen molar-refractivity contribution in [3.8, 4) is 11.5 Å². The Morgan fingerprint density at radius 1 is 1.20 bits per heavy atom. The third-order valence-electron chi connectivity index (χ3n) is 6.17. The molecule has 3 aromatic rings. The highest BCUT2D eigenvalue weighted by molar-refractivity contribution is 9.10. The van der Waals surface area contributed by atoms with Crippen LogP contribution in [0, 0.1) is 0 Å². The summed E-state index contributed by atoms with van der Waals surface area (Å²) in [5.74, 6) is 1.07. The number of carbonyl (C=O) groups excluding carboxylic acids is 1. The second kappa shape index (κ2) is 11.0. The maximum absolute atomic E-state index is 13.6. The van der Waals surface area contributed by atoms with Crippen LogP contribution < -0.4 is 15.0 Å². The molecule has 0 radical (unpaired) electrons. The van der Waals surface area contributed by atoms with Crippen LogP contribution in [-0.2, 0) is 9.53 Å². The van der Waals surface area contributed by atoms with Gasteiger partial charge in [0, 0.05) is 16.0 Å². The van der Waals surface area contributed by atoms with Crippen molar-refractivity contribution in [3.63, 3.8) is 0 Å². The molecular weight excluding hydrogens is 514 g/mol. The summed E-state index contributed by atoms with van der Waals surface area (Å²) in [5.41, 5.74) is 0.972. The number of fused-ring (bicyclic) bond motifs is 1. The van der Waals surface area contributed by atoms with Crippen molar-refractivity contribution in [2.45, 2.75) is 51.0 Å². The van der Waals surface area contributed by atoms with Gasteiger partial charge in [-0.05, 0) is 50.1 Å². The summed E-state index contributed by atoms with van der Waals surface area (Å²) in [4.78, 5) is 30.4. The number of rotatable bonds is 7. The molecule has 9 heteroatoms. The maximum Gasteiger partial charge on any atom is 0.346 e. The number of esters is 1. The first-order chi connectivity index (χ1) is 16.9. The number of aromatic nitrogens is 2. The SMILES string of the molecule is COC(=O)[C@@H](C)Oc1c(C=Nn2c(C3CCCCC3)nc3ccc(Br)cc3c2=O)cccc1OC. The van der Waals surface area contributed by atoms with Gasteiger partial charge < -0.3 is 14.2 Å². The Hall–Kier alpha value is -3.20. The molecule has 0 saturated heterocycles. The van der Waals surface area contributed by atoms with Crippen molar-refractivity contribution in [1.29, 1.82) is 0 Å². The fraction of sp³-hybridized carbons (Fsp3) is 0.385. The molecule has 0 unspecified atom stereocenters. The molecule has 184 valence electrons. The lowest BCUT2D eigenvalue weighted by Crippen LogP contribution is -2.26. The number of para-hydroxylation sites is 1. The van der Waals surface area contributed by atoms with Crippen LogP contribution in [0.15, 0.2) is 50.8 Å². The monoisotopic (exact) mass is 541 g/mol. The van der Waals surface area contributed by atoms with E-state index in [0.717, 1.165) is 30.2 Å². The van der Waals surface area contributed by atoms with Crippen LogP contribution in [0.1, 0.15) is 56.3 Å². The largest absolute Gasteiger partial charge is 0.493 e. The highest BCUT2D eigenvalue weighted by Crippen LogP contribution is 2.33. The van der Waals surface area contributed by atoms with E-state index in [1.165, 1.54) is 25.3 Å². The standard InChI is InChI=1S/C26H28BrN3O5/c1-16(26(32)34-3)35-23-18(10-7-11-22(23)33-2)15-28-30-24(17-8-5-4-6-9-17)29-21-13-12-19(27)14-20(21)25(30)31/h7,10-17H,4-6,8-9H2,1-3H3/t16-/m1/s1. The van der Waals surface area contributed by atoms with Gasteiger partial charge >= 0.3 is 5.97 Å². The number of halogens is 1. The zero-order valence-electron chi connectivity index (χ0n) is 20.0. The van der Waals surface area contributed by atoms with Gasteiger partial charge in [0.05, 0.1) is 31.3 Å². The normalized spacial score (nSPS) is 15.3. The van der Waals surface area contributed by atoms with Crippen molar-refractivity contribution < 1.29 is 19.0 Å². The van der Waals surface area contributed by atoms with Gasteiger partial charge in [0.25, 0.3) is 5.56 Å². The van der Waals surface area contributed by atoms with E-state index in [4.69, 9.17) is 19.2 Å². The van der Waals surface area contributed by atoms with Gasteiger partial charge in [-0.15, -0.1) is 0 Å². The van der Waals surface area contributed by atoms with Gasteiger partial charge in [0.1, 0.15) is 5.82 Å². The van der Waals surface area contributed by atoms with E-state index in [2.05, 4.69) is 21.0 Å². The Labute approximate surface area is 212 Å². The van der Waals surface area contributed by atoms with Crippen molar-refractivity contribution in [1.82, 2.24) is 9.66 Å². The minimum absolute atomic E-state index is 0.155. The zero-order chi connectivity index (χ0) is 24.9. The molecule has 0 amide bonds. The maximum atomic E-state index is 13.6. The summed E-state index contributed by atoms with van der Waals surface area (Å²) in [5, 5.41) is 5.07. The average molecular weight is 542 g/mol. The minimum atomic E-state index is -0.858. The smallest absolute Gasteiger partial charge is 0.346 e. The average Bonchev–Trinajstić information content (AvgIpc) is 2.88. The van der Waals surface area contributed by atoms with Gasteiger partial charge in [-0.1, -0.05) is 41.3 Å². The van der Waals surface area contributed by atoms with Crippen LogP contribution in [0.3, 0.4) is 0 Å². The minimum Gasteiger partial charge on any atom is -0.493 e. The lowest BCUT2D eigenvalue weighted by Gasteiger charge is -2.23. The molecule has 0 N–H and O–H groups in total.